The van der Waals surface area contributed by atoms with Gasteiger partial charge in [-0.2, -0.15) is 0 Å². The van der Waals surface area contributed by atoms with E-state index in [1.165, 1.54) is 5.56 Å². The van der Waals surface area contributed by atoms with Crippen molar-refractivity contribution in [3.8, 4) is 23.0 Å². The van der Waals surface area contributed by atoms with Crippen LogP contribution < -0.4 is 24.3 Å². The number of nitrogens with one attached hydrogen (secondary N) is 1. The number of benzene rings is 3. The Kier molecular flexibility index (Phi) is 13.2. The Morgan fingerprint density at radius 2 is 1.55 bits per heavy atom. The lowest BCUT2D eigenvalue weighted by Gasteiger charge is -2.29. The van der Waals surface area contributed by atoms with Gasteiger partial charge in [0.2, 0.25) is 0 Å². The molecule has 3 aromatic rings. The lowest BCUT2D eigenvalue weighted by molar-refractivity contribution is 0.0570. The van der Waals surface area contributed by atoms with E-state index in [0.717, 1.165) is 31.5 Å². The summed E-state index contributed by atoms with van der Waals surface area (Å²) in [6.07, 6.45) is 1.70. The van der Waals surface area contributed by atoms with Gasteiger partial charge in [-0.25, -0.2) is 0 Å². The van der Waals surface area contributed by atoms with Gasteiger partial charge in [-0.3, -0.25) is 4.79 Å². The van der Waals surface area contributed by atoms with E-state index in [9.17, 15) is 4.79 Å². The maximum absolute atomic E-state index is 14.1. The predicted molar refractivity (Wildman–Crippen MR) is 170 cm³/mol. The molecule has 0 saturated carbocycles. The molecule has 2 atom stereocenters. The summed E-state index contributed by atoms with van der Waals surface area (Å²) >= 11 is 0. The summed E-state index contributed by atoms with van der Waals surface area (Å²) in [7, 11) is 6.51. The molecule has 1 saturated heterocycles. The summed E-state index contributed by atoms with van der Waals surface area (Å²) < 4.78 is 33.5. The van der Waals surface area contributed by atoms with E-state index < -0.39 is 0 Å². The van der Waals surface area contributed by atoms with E-state index in [1.807, 2.05) is 29.2 Å². The lowest BCUT2D eigenvalue weighted by atomic mass is 9.89. The van der Waals surface area contributed by atoms with Crippen molar-refractivity contribution in [1.82, 2.24) is 10.2 Å². The summed E-state index contributed by atoms with van der Waals surface area (Å²) in [6, 6.07) is 21.6. The quantitative estimate of drug-likeness (QED) is 0.206. The van der Waals surface area contributed by atoms with Gasteiger partial charge in [0.25, 0.3) is 5.91 Å². The van der Waals surface area contributed by atoms with Gasteiger partial charge in [0.15, 0.2) is 11.5 Å². The van der Waals surface area contributed by atoms with Gasteiger partial charge in [-0.05, 0) is 72.8 Å². The van der Waals surface area contributed by atoms with Crippen molar-refractivity contribution in [2.45, 2.75) is 19.4 Å². The number of carbonyl (C=O) groups is 1. The number of rotatable bonds is 18. The number of hydrogen-bond acceptors (Lipinski definition) is 8. The van der Waals surface area contributed by atoms with Crippen LogP contribution in [0.2, 0.25) is 0 Å². The summed E-state index contributed by atoms with van der Waals surface area (Å²) in [5, 5.41) is 3.56. The van der Waals surface area contributed by atoms with E-state index in [-0.39, 0.29) is 5.91 Å². The maximum atomic E-state index is 14.1. The summed E-state index contributed by atoms with van der Waals surface area (Å²) in [4.78, 5) is 16.0. The van der Waals surface area contributed by atoms with Crippen LogP contribution >= 0.6 is 0 Å². The summed E-state index contributed by atoms with van der Waals surface area (Å²) in [5.41, 5.74) is 2.80. The van der Waals surface area contributed by atoms with Crippen LogP contribution in [0.3, 0.4) is 0 Å². The van der Waals surface area contributed by atoms with Crippen LogP contribution in [0.1, 0.15) is 27.9 Å². The van der Waals surface area contributed by atoms with E-state index in [0.29, 0.717) is 79.9 Å². The molecule has 1 N–H and O–H groups in total. The van der Waals surface area contributed by atoms with Crippen molar-refractivity contribution in [2.24, 2.45) is 11.8 Å². The second-order valence-corrected chi connectivity index (χ2v) is 11.0. The highest BCUT2D eigenvalue weighted by molar-refractivity contribution is 5.95. The third-order valence-corrected chi connectivity index (χ3v) is 7.91. The van der Waals surface area contributed by atoms with Crippen LogP contribution in [-0.4, -0.2) is 85.2 Å². The highest BCUT2D eigenvalue weighted by atomic mass is 16.5. The first-order chi connectivity index (χ1) is 21.5. The molecule has 0 spiro atoms. The minimum absolute atomic E-state index is 0.0635. The van der Waals surface area contributed by atoms with Crippen molar-refractivity contribution in [3.63, 3.8) is 0 Å². The van der Waals surface area contributed by atoms with E-state index in [1.54, 1.807) is 46.6 Å². The number of methoxy groups -OCH3 is 4. The Hall–Kier alpha value is -3.79. The van der Waals surface area contributed by atoms with E-state index in [2.05, 4.69) is 29.6 Å². The maximum Gasteiger partial charge on any atom is 0.254 e. The zero-order valence-electron chi connectivity index (χ0n) is 26.4. The van der Waals surface area contributed by atoms with Gasteiger partial charge in [0, 0.05) is 44.9 Å². The molecule has 1 amide bonds. The standard InChI is InChI=1S/C35H46N2O7/c1-39-14-8-15-44-34-20-28(11-12-33(34)42-4)35(38)37(13-16-43-25-27-18-31(40-2)21-32(19-27)41-3)24-30-23-36-22-29(30)17-26-9-6-5-7-10-26/h5-7,9-12,18-21,29-30,36H,8,13-17,22-25H2,1-4H3/t29-,30+/m1/s1. The van der Waals surface area contributed by atoms with Crippen LogP contribution in [0.15, 0.2) is 66.7 Å². The smallest absolute Gasteiger partial charge is 0.254 e. The molecule has 238 valence electrons. The zero-order valence-corrected chi connectivity index (χ0v) is 26.4. The highest BCUT2D eigenvalue weighted by Gasteiger charge is 2.31. The average Bonchev–Trinajstić information content (AvgIpc) is 3.50. The molecule has 3 aromatic carbocycles. The van der Waals surface area contributed by atoms with Crippen LogP contribution in [0.25, 0.3) is 0 Å². The Bertz CT molecular complexity index is 1280. The fourth-order valence-corrected chi connectivity index (χ4v) is 5.52. The fourth-order valence-electron chi connectivity index (χ4n) is 5.52. The molecular weight excluding hydrogens is 560 g/mol. The van der Waals surface area contributed by atoms with Gasteiger partial charge < -0.3 is 38.6 Å². The first kappa shape index (κ1) is 33.1. The predicted octanol–water partition coefficient (Wildman–Crippen LogP) is 4.87. The molecule has 4 rings (SSSR count). The molecule has 0 aromatic heterocycles. The number of hydrogen-bond donors (Lipinski definition) is 1. The van der Waals surface area contributed by atoms with Crippen molar-refractivity contribution < 1.29 is 33.2 Å². The average molecular weight is 607 g/mol. The normalized spacial score (nSPS) is 16.0. The Morgan fingerprint density at radius 3 is 2.25 bits per heavy atom. The number of amides is 1. The molecule has 1 aliphatic heterocycles. The third kappa shape index (κ3) is 9.61. The second-order valence-electron chi connectivity index (χ2n) is 11.0. The zero-order chi connectivity index (χ0) is 31.1. The molecule has 44 heavy (non-hydrogen) atoms. The molecule has 1 heterocycles. The topological polar surface area (TPSA) is 87.7 Å². The van der Waals surface area contributed by atoms with Gasteiger partial charge in [-0.15, -0.1) is 0 Å². The number of ether oxygens (including phenoxy) is 6. The molecule has 0 aliphatic carbocycles. The van der Waals surface area contributed by atoms with Crippen LogP contribution in [0, 0.1) is 11.8 Å². The fraction of sp³-hybridized carbons (Fsp3) is 0.457. The molecule has 9 nitrogen and oxygen atoms in total. The summed E-state index contributed by atoms with van der Waals surface area (Å²) in [6.45, 7) is 4.67. The van der Waals surface area contributed by atoms with Gasteiger partial charge in [-0.1, -0.05) is 30.3 Å². The van der Waals surface area contributed by atoms with Gasteiger partial charge >= 0.3 is 0 Å². The first-order valence-corrected chi connectivity index (χ1v) is 15.2. The molecular formula is C35H46N2O7. The molecule has 0 radical (unpaired) electrons. The van der Waals surface area contributed by atoms with Crippen molar-refractivity contribution >= 4 is 5.91 Å². The van der Waals surface area contributed by atoms with Crippen molar-refractivity contribution in [1.29, 1.82) is 0 Å². The Balaban J connectivity index is 1.48. The highest BCUT2D eigenvalue weighted by Crippen LogP contribution is 2.30. The Labute approximate surface area is 261 Å². The monoisotopic (exact) mass is 606 g/mol. The van der Waals surface area contributed by atoms with Gasteiger partial charge in [0.05, 0.1) is 41.2 Å². The van der Waals surface area contributed by atoms with Crippen LogP contribution in [-0.2, 0) is 22.5 Å². The third-order valence-electron chi connectivity index (χ3n) is 7.91. The van der Waals surface area contributed by atoms with E-state index >= 15 is 0 Å². The Morgan fingerprint density at radius 1 is 0.795 bits per heavy atom. The largest absolute Gasteiger partial charge is 0.497 e. The number of carbonyl (C=O) groups excluding carboxylic acids is 1. The lowest BCUT2D eigenvalue weighted by Crippen LogP contribution is -2.40. The minimum Gasteiger partial charge on any atom is -0.497 e. The summed E-state index contributed by atoms with van der Waals surface area (Å²) in [5.74, 6) is 3.22. The van der Waals surface area contributed by atoms with Crippen LogP contribution in [0.4, 0.5) is 0 Å². The van der Waals surface area contributed by atoms with Crippen molar-refractivity contribution in [3.05, 3.63) is 83.4 Å². The van der Waals surface area contributed by atoms with Crippen LogP contribution in [0.5, 0.6) is 23.0 Å². The molecule has 9 heteroatoms. The molecule has 1 fully saturated rings. The molecule has 0 bridgehead atoms. The minimum atomic E-state index is -0.0635. The number of nitrogens with zero attached hydrogens (tertiary/aromatic N) is 1. The van der Waals surface area contributed by atoms with E-state index in [4.69, 9.17) is 28.4 Å². The molecule has 1 aliphatic rings. The second kappa shape index (κ2) is 17.5. The van der Waals surface area contributed by atoms with Crippen molar-refractivity contribution in [2.75, 3.05) is 74.4 Å². The first-order valence-electron chi connectivity index (χ1n) is 15.2. The SMILES string of the molecule is COCCCOc1cc(C(=O)N(CCOCc2cc(OC)cc(OC)c2)C[C@@H]2CNC[C@H]2Cc2ccccc2)ccc1OC. The molecule has 0 unspecified atom stereocenters. The van der Waals surface area contributed by atoms with Gasteiger partial charge in [0.1, 0.15) is 11.5 Å².